The molecule has 1 N–H and O–H groups in total. The molecule has 1 amide bonds. The van der Waals surface area contributed by atoms with Crippen LogP contribution in [-0.2, 0) is 19.1 Å². The van der Waals surface area contributed by atoms with Crippen LogP contribution in [0.3, 0.4) is 0 Å². The average molecular weight is 302 g/mol. The number of nitrogens with zero attached hydrogens (tertiary/aromatic N) is 1. The standard InChI is InChI=1S/C14H26N2O5/c1-7-19-12(17)8-10(2)16-20-9-11(3)15-13(18)21-14(4,5)6/h11H,7-9H2,1-6H3,(H,15,18)/t11-/m1/s1. The molecule has 0 fully saturated rings. The molecule has 0 aromatic rings. The van der Waals surface area contributed by atoms with Crippen molar-refractivity contribution in [1.29, 1.82) is 0 Å². The summed E-state index contributed by atoms with van der Waals surface area (Å²) in [7, 11) is 0. The number of carbonyl (C=O) groups excluding carboxylic acids is 2. The van der Waals surface area contributed by atoms with E-state index in [0.717, 1.165) is 0 Å². The third-order valence-electron chi connectivity index (χ3n) is 2.01. The van der Waals surface area contributed by atoms with Crippen molar-refractivity contribution in [2.75, 3.05) is 13.2 Å². The van der Waals surface area contributed by atoms with Crippen molar-refractivity contribution < 1.29 is 23.9 Å². The van der Waals surface area contributed by atoms with E-state index in [1.54, 1.807) is 41.5 Å². The van der Waals surface area contributed by atoms with Gasteiger partial charge in [0.15, 0.2) is 0 Å². The Hall–Kier alpha value is -1.79. The minimum Gasteiger partial charge on any atom is -0.466 e. The van der Waals surface area contributed by atoms with Gasteiger partial charge in [-0.2, -0.15) is 0 Å². The molecule has 0 aromatic carbocycles. The van der Waals surface area contributed by atoms with Crippen LogP contribution in [0.5, 0.6) is 0 Å². The Bertz CT molecular complexity index is 374. The maximum absolute atomic E-state index is 11.5. The van der Waals surface area contributed by atoms with Gasteiger partial charge in [0.05, 0.1) is 24.8 Å². The van der Waals surface area contributed by atoms with Crippen LogP contribution in [-0.4, -0.2) is 42.6 Å². The number of hydrogen-bond acceptors (Lipinski definition) is 6. The van der Waals surface area contributed by atoms with E-state index >= 15 is 0 Å². The van der Waals surface area contributed by atoms with E-state index < -0.39 is 11.7 Å². The first-order chi connectivity index (χ1) is 9.64. The van der Waals surface area contributed by atoms with Crippen LogP contribution >= 0.6 is 0 Å². The number of ether oxygens (including phenoxy) is 2. The molecular formula is C14H26N2O5. The normalized spacial score (nSPS) is 13.3. The van der Waals surface area contributed by atoms with Gasteiger partial charge in [0.2, 0.25) is 0 Å². The lowest BCUT2D eigenvalue weighted by molar-refractivity contribution is -0.141. The van der Waals surface area contributed by atoms with Crippen LogP contribution in [0.2, 0.25) is 0 Å². The van der Waals surface area contributed by atoms with Crippen LogP contribution in [0, 0.1) is 0 Å². The lowest BCUT2D eigenvalue weighted by atomic mass is 10.2. The fourth-order valence-corrected chi connectivity index (χ4v) is 1.26. The molecule has 0 bridgehead atoms. The number of carbonyl (C=O) groups is 2. The summed E-state index contributed by atoms with van der Waals surface area (Å²) in [4.78, 5) is 27.8. The Labute approximate surface area is 126 Å². The number of rotatable bonds is 7. The number of alkyl carbamates (subject to hydrolysis) is 1. The zero-order chi connectivity index (χ0) is 16.5. The maximum atomic E-state index is 11.5. The molecular weight excluding hydrogens is 276 g/mol. The highest BCUT2D eigenvalue weighted by Crippen LogP contribution is 2.06. The lowest BCUT2D eigenvalue weighted by Crippen LogP contribution is -2.39. The van der Waals surface area contributed by atoms with Gasteiger partial charge in [-0.15, -0.1) is 0 Å². The fourth-order valence-electron chi connectivity index (χ4n) is 1.26. The van der Waals surface area contributed by atoms with E-state index in [1.807, 2.05) is 0 Å². The molecule has 122 valence electrons. The molecule has 0 radical (unpaired) electrons. The molecule has 0 heterocycles. The van der Waals surface area contributed by atoms with Gasteiger partial charge >= 0.3 is 12.1 Å². The number of esters is 1. The molecule has 0 aliphatic carbocycles. The smallest absolute Gasteiger partial charge is 0.407 e. The van der Waals surface area contributed by atoms with E-state index in [0.29, 0.717) is 12.3 Å². The Morgan fingerprint density at radius 1 is 1.29 bits per heavy atom. The molecule has 0 unspecified atom stereocenters. The number of nitrogens with one attached hydrogen (secondary N) is 1. The number of amides is 1. The third-order valence-corrected chi connectivity index (χ3v) is 2.01. The number of hydrogen-bond donors (Lipinski definition) is 1. The average Bonchev–Trinajstić information content (AvgIpc) is 2.25. The Balaban J connectivity index is 4.00. The van der Waals surface area contributed by atoms with E-state index in [2.05, 4.69) is 10.5 Å². The first-order valence-corrected chi connectivity index (χ1v) is 6.94. The topological polar surface area (TPSA) is 86.2 Å². The zero-order valence-electron chi connectivity index (χ0n) is 13.7. The van der Waals surface area contributed by atoms with Crippen LogP contribution in [0.4, 0.5) is 4.79 Å². The summed E-state index contributed by atoms with van der Waals surface area (Å²) in [6.07, 6.45) is -0.423. The Morgan fingerprint density at radius 2 is 1.90 bits per heavy atom. The minimum absolute atomic E-state index is 0.0850. The maximum Gasteiger partial charge on any atom is 0.407 e. The van der Waals surface area contributed by atoms with Gasteiger partial charge in [0.25, 0.3) is 0 Å². The molecule has 7 nitrogen and oxygen atoms in total. The highest BCUT2D eigenvalue weighted by atomic mass is 16.6. The van der Waals surface area contributed by atoms with Crippen LogP contribution in [0.25, 0.3) is 0 Å². The minimum atomic E-state index is -0.543. The summed E-state index contributed by atoms with van der Waals surface area (Å²) >= 11 is 0. The largest absolute Gasteiger partial charge is 0.466 e. The quantitative estimate of drug-likeness (QED) is 0.443. The van der Waals surface area contributed by atoms with Gasteiger partial charge in [-0.05, 0) is 41.5 Å². The second kappa shape index (κ2) is 9.20. The summed E-state index contributed by atoms with van der Waals surface area (Å²) in [5, 5.41) is 6.42. The van der Waals surface area contributed by atoms with Gasteiger partial charge in [-0.3, -0.25) is 4.79 Å². The fraction of sp³-hybridized carbons (Fsp3) is 0.786. The highest BCUT2D eigenvalue weighted by Gasteiger charge is 2.17. The van der Waals surface area contributed by atoms with Gasteiger partial charge in [0, 0.05) is 0 Å². The van der Waals surface area contributed by atoms with Crippen molar-refractivity contribution in [3.05, 3.63) is 0 Å². The Morgan fingerprint density at radius 3 is 2.43 bits per heavy atom. The third kappa shape index (κ3) is 11.7. The second-order valence-electron chi connectivity index (χ2n) is 5.65. The molecule has 0 aliphatic heterocycles. The number of oxime groups is 1. The van der Waals surface area contributed by atoms with Crippen molar-refractivity contribution in [3.8, 4) is 0 Å². The van der Waals surface area contributed by atoms with Gasteiger partial charge in [0.1, 0.15) is 12.2 Å². The molecule has 1 atom stereocenters. The summed E-state index contributed by atoms with van der Waals surface area (Å²) < 4.78 is 9.90. The SMILES string of the molecule is CCOC(=O)CC(C)=NOC[C@@H](C)NC(=O)OC(C)(C)C. The van der Waals surface area contributed by atoms with Crippen LogP contribution < -0.4 is 5.32 Å². The molecule has 21 heavy (non-hydrogen) atoms. The molecule has 0 rings (SSSR count). The molecule has 0 aromatic heterocycles. The monoisotopic (exact) mass is 302 g/mol. The van der Waals surface area contributed by atoms with Crippen LogP contribution in [0.15, 0.2) is 5.16 Å². The van der Waals surface area contributed by atoms with Crippen molar-refractivity contribution in [1.82, 2.24) is 5.32 Å². The van der Waals surface area contributed by atoms with E-state index in [9.17, 15) is 9.59 Å². The summed E-state index contributed by atoms with van der Waals surface area (Å²) in [5.74, 6) is -0.345. The molecule has 0 aliphatic rings. The van der Waals surface area contributed by atoms with Crippen LogP contribution in [0.1, 0.15) is 48.0 Å². The van der Waals surface area contributed by atoms with Crippen molar-refractivity contribution in [3.63, 3.8) is 0 Å². The lowest BCUT2D eigenvalue weighted by Gasteiger charge is -2.21. The molecule has 0 saturated heterocycles. The first-order valence-electron chi connectivity index (χ1n) is 6.94. The second-order valence-corrected chi connectivity index (χ2v) is 5.65. The first kappa shape index (κ1) is 19.2. The predicted octanol–water partition coefficient (Wildman–Crippen LogP) is 2.25. The summed E-state index contributed by atoms with van der Waals surface area (Å²) in [6.45, 7) is 11.1. The predicted molar refractivity (Wildman–Crippen MR) is 79.1 cm³/mol. The van der Waals surface area contributed by atoms with E-state index in [4.69, 9.17) is 14.3 Å². The van der Waals surface area contributed by atoms with Gasteiger partial charge < -0.3 is 19.6 Å². The van der Waals surface area contributed by atoms with Gasteiger partial charge in [-0.1, -0.05) is 5.16 Å². The highest BCUT2D eigenvalue weighted by molar-refractivity contribution is 5.97. The molecule has 0 saturated carbocycles. The Kier molecular flexibility index (Phi) is 8.42. The van der Waals surface area contributed by atoms with Crippen molar-refractivity contribution in [2.45, 2.75) is 59.6 Å². The van der Waals surface area contributed by atoms with Gasteiger partial charge in [-0.25, -0.2) is 4.79 Å². The zero-order valence-corrected chi connectivity index (χ0v) is 13.7. The summed E-state index contributed by atoms with van der Waals surface area (Å²) in [5.41, 5.74) is -0.0307. The van der Waals surface area contributed by atoms with E-state index in [1.165, 1.54) is 0 Å². The molecule has 0 spiro atoms. The van der Waals surface area contributed by atoms with Crippen molar-refractivity contribution >= 4 is 17.8 Å². The summed E-state index contributed by atoms with van der Waals surface area (Å²) in [6, 6.07) is -0.265. The van der Waals surface area contributed by atoms with E-state index in [-0.39, 0.29) is 25.0 Å². The molecule has 7 heteroatoms. The van der Waals surface area contributed by atoms with Crippen molar-refractivity contribution in [2.24, 2.45) is 5.16 Å².